The zero-order chi connectivity index (χ0) is 14.0. The zero-order valence-electron chi connectivity index (χ0n) is 11.2. The molecule has 1 saturated carbocycles. The van der Waals surface area contributed by atoms with Crippen molar-refractivity contribution in [3.05, 3.63) is 34.3 Å². The molecule has 1 fully saturated rings. The van der Waals surface area contributed by atoms with Crippen LogP contribution in [0.2, 0.25) is 0 Å². The summed E-state index contributed by atoms with van der Waals surface area (Å²) in [5.74, 6) is 0.421. The number of rotatable bonds is 3. The van der Waals surface area contributed by atoms with Crippen LogP contribution in [-0.2, 0) is 11.3 Å². The third-order valence-corrected chi connectivity index (χ3v) is 4.50. The molecule has 19 heavy (non-hydrogen) atoms. The number of hydrogen-bond donors (Lipinski definition) is 0. The zero-order valence-corrected chi connectivity index (χ0v) is 12.8. The van der Waals surface area contributed by atoms with Gasteiger partial charge in [-0.3, -0.25) is 4.79 Å². The minimum Gasteiger partial charge on any atom is -0.340 e. The van der Waals surface area contributed by atoms with Gasteiger partial charge in [0.2, 0.25) is 5.91 Å². The van der Waals surface area contributed by atoms with E-state index in [0.29, 0.717) is 25.3 Å². The van der Waals surface area contributed by atoms with Gasteiger partial charge < -0.3 is 4.90 Å². The lowest BCUT2D eigenvalue weighted by Gasteiger charge is -2.41. The maximum absolute atomic E-state index is 12.4. The second-order valence-corrected chi connectivity index (χ2v) is 6.31. The SMILES string of the molecule is CC1CC(C#N)(C(=O)N(C)Cc2ccccc2Br)C1. The van der Waals surface area contributed by atoms with Crippen molar-refractivity contribution in [1.82, 2.24) is 4.90 Å². The van der Waals surface area contributed by atoms with Gasteiger partial charge >= 0.3 is 0 Å². The van der Waals surface area contributed by atoms with Crippen LogP contribution in [-0.4, -0.2) is 17.9 Å². The molecule has 0 spiro atoms. The van der Waals surface area contributed by atoms with Gasteiger partial charge in [0.1, 0.15) is 5.41 Å². The molecule has 0 aromatic heterocycles. The van der Waals surface area contributed by atoms with E-state index in [4.69, 9.17) is 0 Å². The standard InChI is InChI=1S/C15H17BrN2O/c1-11-7-15(8-11,10-17)14(19)18(2)9-12-5-3-4-6-13(12)16/h3-6,11H,7-9H2,1-2H3. The summed E-state index contributed by atoms with van der Waals surface area (Å²) < 4.78 is 0.989. The molecule has 0 bridgehead atoms. The topological polar surface area (TPSA) is 44.1 Å². The van der Waals surface area contributed by atoms with E-state index in [0.717, 1.165) is 10.0 Å². The monoisotopic (exact) mass is 320 g/mol. The maximum atomic E-state index is 12.4. The van der Waals surface area contributed by atoms with Gasteiger partial charge in [0.25, 0.3) is 0 Å². The number of nitriles is 1. The largest absolute Gasteiger partial charge is 0.340 e. The molecule has 3 nitrogen and oxygen atoms in total. The van der Waals surface area contributed by atoms with Crippen molar-refractivity contribution in [3.8, 4) is 6.07 Å². The van der Waals surface area contributed by atoms with E-state index >= 15 is 0 Å². The Morgan fingerprint density at radius 3 is 2.68 bits per heavy atom. The Balaban J connectivity index is 2.09. The van der Waals surface area contributed by atoms with Gasteiger partial charge in [-0.2, -0.15) is 5.26 Å². The van der Waals surface area contributed by atoms with Crippen LogP contribution in [0.1, 0.15) is 25.3 Å². The van der Waals surface area contributed by atoms with Crippen molar-refractivity contribution in [2.24, 2.45) is 11.3 Å². The van der Waals surface area contributed by atoms with Gasteiger partial charge in [0.05, 0.1) is 6.07 Å². The Morgan fingerprint density at radius 1 is 1.53 bits per heavy atom. The summed E-state index contributed by atoms with van der Waals surface area (Å²) >= 11 is 3.48. The van der Waals surface area contributed by atoms with Crippen molar-refractivity contribution in [2.75, 3.05) is 7.05 Å². The highest BCUT2D eigenvalue weighted by atomic mass is 79.9. The molecular formula is C15H17BrN2O. The quantitative estimate of drug-likeness (QED) is 0.857. The highest BCUT2D eigenvalue weighted by molar-refractivity contribution is 9.10. The van der Waals surface area contributed by atoms with Crippen molar-refractivity contribution in [1.29, 1.82) is 5.26 Å². The summed E-state index contributed by atoms with van der Waals surface area (Å²) in [6.45, 7) is 2.61. The molecule has 0 saturated heterocycles. The summed E-state index contributed by atoms with van der Waals surface area (Å²) in [5.41, 5.74) is 0.272. The molecule has 1 aromatic carbocycles. The molecular weight excluding hydrogens is 304 g/mol. The van der Waals surface area contributed by atoms with E-state index in [-0.39, 0.29) is 5.91 Å². The lowest BCUT2D eigenvalue weighted by molar-refractivity contribution is -0.144. The lowest BCUT2D eigenvalue weighted by atomic mass is 9.63. The molecule has 2 rings (SSSR count). The molecule has 0 aliphatic heterocycles. The van der Waals surface area contributed by atoms with Crippen LogP contribution in [0.4, 0.5) is 0 Å². The van der Waals surface area contributed by atoms with Crippen LogP contribution < -0.4 is 0 Å². The average Bonchev–Trinajstić information content (AvgIpc) is 2.36. The minimum absolute atomic E-state index is 0.0520. The first kappa shape index (κ1) is 14.1. The predicted octanol–water partition coefficient (Wildman–Crippen LogP) is 3.35. The number of hydrogen-bond acceptors (Lipinski definition) is 2. The molecule has 1 aromatic rings. The number of amides is 1. The van der Waals surface area contributed by atoms with Crippen LogP contribution >= 0.6 is 15.9 Å². The smallest absolute Gasteiger partial charge is 0.243 e. The highest BCUT2D eigenvalue weighted by Crippen LogP contribution is 2.46. The van der Waals surface area contributed by atoms with E-state index in [1.807, 2.05) is 24.3 Å². The van der Waals surface area contributed by atoms with Gasteiger partial charge in [-0.1, -0.05) is 41.1 Å². The van der Waals surface area contributed by atoms with Gasteiger partial charge in [-0.15, -0.1) is 0 Å². The van der Waals surface area contributed by atoms with Gasteiger partial charge in [-0.25, -0.2) is 0 Å². The van der Waals surface area contributed by atoms with E-state index in [1.165, 1.54) is 0 Å². The van der Waals surface area contributed by atoms with Crippen LogP contribution in [0, 0.1) is 22.7 Å². The number of carbonyl (C=O) groups is 1. The van der Waals surface area contributed by atoms with E-state index in [2.05, 4.69) is 28.9 Å². The lowest BCUT2D eigenvalue weighted by Crippen LogP contribution is -2.48. The first-order valence-corrected chi connectivity index (χ1v) is 7.18. The fourth-order valence-corrected chi connectivity index (χ4v) is 3.17. The Bertz CT molecular complexity index is 529. The van der Waals surface area contributed by atoms with E-state index in [9.17, 15) is 10.1 Å². The summed E-state index contributed by atoms with van der Waals surface area (Å²) in [4.78, 5) is 14.1. The van der Waals surface area contributed by atoms with Gasteiger partial charge in [-0.05, 0) is 30.4 Å². The third kappa shape index (κ3) is 2.66. The fraction of sp³-hybridized carbons (Fsp3) is 0.467. The van der Waals surface area contributed by atoms with Crippen LogP contribution in [0.25, 0.3) is 0 Å². The molecule has 4 heteroatoms. The maximum Gasteiger partial charge on any atom is 0.243 e. The first-order chi connectivity index (χ1) is 8.98. The van der Waals surface area contributed by atoms with Gasteiger partial charge in [0, 0.05) is 18.1 Å². The minimum atomic E-state index is -0.782. The van der Waals surface area contributed by atoms with Crippen molar-refractivity contribution in [2.45, 2.75) is 26.3 Å². The summed E-state index contributed by atoms with van der Waals surface area (Å²) in [6, 6.07) is 10.1. The molecule has 0 N–H and O–H groups in total. The molecule has 1 aliphatic carbocycles. The van der Waals surface area contributed by atoms with Crippen molar-refractivity contribution < 1.29 is 4.79 Å². The van der Waals surface area contributed by atoms with Crippen LogP contribution in [0.5, 0.6) is 0 Å². The Kier molecular flexibility index (Phi) is 3.96. The Labute approximate surface area is 122 Å². The molecule has 100 valence electrons. The first-order valence-electron chi connectivity index (χ1n) is 6.39. The van der Waals surface area contributed by atoms with Crippen molar-refractivity contribution >= 4 is 21.8 Å². The number of benzene rings is 1. The second kappa shape index (κ2) is 5.34. The average molecular weight is 321 g/mol. The number of carbonyl (C=O) groups excluding carboxylic acids is 1. The Morgan fingerprint density at radius 2 is 2.16 bits per heavy atom. The fourth-order valence-electron chi connectivity index (χ4n) is 2.76. The summed E-state index contributed by atoms with van der Waals surface area (Å²) in [7, 11) is 1.77. The number of halogens is 1. The normalized spacial score (nSPS) is 25.3. The third-order valence-electron chi connectivity index (χ3n) is 3.73. The summed E-state index contributed by atoms with van der Waals surface area (Å²) in [5, 5.41) is 9.29. The molecule has 1 amide bonds. The second-order valence-electron chi connectivity index (χ2n) is 5.46. The Hall–Kier alpha value is -1.34. The predicted molar refractivity (Wildman–Crippen MR) is 77.1 cm³/mol. The molecule has 0 atom stereocenters. The van der Waals surface area contributed by atoms with Crippen molar-refractivity contribution in [3.63, 3.8) is 0 Å². The molecule has 0 heterocycles. The number of nitrogens with zero attached hydrogens (tertiary/aromatic N) is 2. The van der Waals surface area contributed by atoms with E-state index in [1.54, 1.807) is 11.9 Å². The van der Waals surface area contributed by atoms with Crippen LogP contribution in [0.3, 0.4) is 0 Å². The molecule has 0 radical (unpaired) electrons. The molecule has 0 unspecified atom stereocenters. The summed E-state index contributed by atoms with van der Waals surface area (Å²) in [6.07, 6.45) is 1.37. The van der Waals surface area contributed by atoms with E-state index < -0.39 is 5.41 Å². The van der Waals surface area contributed by atoms with Gasteiger partial charge in [0.15, 0.2) is 0 Å². The highest BCUT2D eigenvalue weighted by Gasteiger charge is 2.50. The molecule has 1 aliphatic rings. The van der Waals surface area contributed by atoms with Crippen LogP contribution in [0.15, 0.2) is 28.7 Å².